The third kappa shape index (κ3) is 2.78. The summed E-state index contributed by atoms with van der Waals surface area (Å²) in [6, 6.07) is 14.5. The molecule has 0 atom stereocenters. The summed E-state index contributed by atoms with van der Waals surface area (Å²) in [6.07, 6.45) is 2.00. The minimum Gasteiger partial charge on any atom is -0.391 e. The quantitative estimate of drug-likeness (QED) is 0.752. The molecule has 0 bridgehead atoms. The van der Waals surface area contributed by atoms with Crippen molar-refractivity contribution < 1.29 is 4.84 Å². The van der Waals surface area contributed by atoms with Gasteiger partial charge in [0.05, 0.1) is 5.71 Å². The van der Waals surface area contributed by atoms with Crippen molar-refractivity contribution in [2.75, 3.05) is 0 Å². The molecule has 0 aromatic heterocycles. The topological polar surface area (TPSA) is 21.6 Å². The number of hydrogen-bond donors (Lipinski definition) is 0. The monoisotopic (exact) mass is 329 g/mol. The van der Waals surface area contributed by atoms with Crippen LogP contribution in [0.5, 0.6) is 0 Å². The average Bonchev–Trinajstić information content (AvgIpc) is 2.83. The Kier molecular flexibility index (Phi) is 3.88. The van der Waals surface area contributed by atoms with E-state index in [0.717, 1.165) is 24.1 Å². The highest BCUT2D eigenvalue weighted by atomic mass is 79.9. The number of halogens is 1. The van der Waals surface area contributed by atoms with Crippen molar-refractivity contribution in [2.24, 2.45) is 5.16 Å². The summed E-state index contributed by atoms with van der Waals surface area (Å²) in [7, 11) is 0. The fraction of sp³-hybridized carbons (Fsp3) is 0.235. The normalized spacial score (nSPS) is 15.4. The lowest BCUT2D eigenvalue weighted by Gasteiger charge is -2.05. The largest absolute Gasteiger partial charge is 0.391 e. The van der Waals surface area contributed by atoms with Crippen molar-refractivity contribution in [3.8, 4) is 0 Å². The zero-order valence-electron chi connectivity index (χ0n) is 11.4. The second-order valence-electron chi connectivity index (χ2n) is 5.06. The third-order valence-corrected chi connectivity index (χ3v) is 4.43. The summed E-state index contributed by atoms with van der Waals surface area (Å²) in [5.41, 5.74) is 6.03. The predicted molar refractivity (Wildman–Crippen MR) is 85.0 cm³/mol. The summed E-state index contributed by atoms with van der Waals surface area (Å²) >= 11 is 3.58. The Bertz CT molecular complexity index is 650. The molecular formula is C17H16BrNO. The van der Waals surface area contributed by atoms with Crippen LogP contribution in [-0.2, 0) is 17.9 Å². The Hall–Kier alpha value is -1.61. The molecular weight excluding hydrogens is 314 g/mol. The van der Waals surface area contributed by atoms with Gasteiger partial charge in [0.2, 0.25) is 0 Å². The van der Waals surface area contributed by atoms with Gasteiger partial charge >= 0.3 is 0 Å². The summed E-state index contributed by atoms with van der Waals surface area (Å²) in [5, 5.41) is 4.33. The molecule has 1 aliphatic carbocycles. The van der Waals surface area contributed by atoms with Gasteiger partial charge in [-0.25, -0.2) is 0 Å². The Labute approximate surface area is 127 Å². The second kappa shape index (κ2) is 5.80. The van der Waals surface area contributed by atoms with Gasteiger partial charge in [0.15, 0.2) is 0 Å². The molecule has 0 fully saturated rings. The van der Waals surface area contributed by atoms with E-state index in [0.29, 0.717) is 6.61 Å². The lowest BCUT2D eigenvalue weighted by Crippen LogP contribution is -1.98. The van der Waals surface area contributed by atoms with Crippen LogP contribution in [0, 0.1) is 6.92 Å². The summed E-state index contributed by atoms with van der Waals surface area (Å²) < 4.78 is 1.17. The molecule has 20 heavy (non-hydrogen) atoms. The van der Waals surface area contributed by atoms with E-state index in [4.69, 9.17) is 4.84 Å². The first-order valence-corrected chi connectivity index (χ1v) is 7.55. The van der Waals surface area contributed by atoms with E-state index in [2.05, 4.69) is 40.1 Å². The van der Waals surface area contributed by atoms with E-state index in [1.54, 1.807) is 0 Å². The first kappa shape index (κ1) is 13.4. The molecule has 3 heteroatoms. The lowest BCUT2D eigenvalue weighted by atomic mass is 10.1. The molecule has 102 valence electrons. The van der Waals surface area contributed by atoms with Gasteiger partial charge in [-0.05, 0) is 48.6 Å². The fourth-order valence-electron chi connectivity index (χ4n) is 2.44. The van der Waals surface area contributed by atoms with Crippen LogP contribution in [0.25, 0.3) is 0 Å². The van der Waals surface area contributed by atoms with Crippen molar-refractivity contribution in [3.63, 3.8) is 0 Å². The number of fused-ring (bicyclic) bond motifs is 1. The minimum absolute atomic E-state index is 0.523. The highest BCUT2D eigenvalue weighted by Gasteiger charge is 2.19. The first-order valence-electron chi connectivity index (χ1n) is 6.76. The van der Waals surface area contributed by atoms with E-state index < -0.39 is 0 Å². The van der Waals surface area contributed by atoms with E-state index in [1.807, 2.05) is 30.3 Å². The molecule has 0 N–H and O–H groups in total. The van der Waals surface area contributed by atoms with E-state index in [-0.39, 0.29) is 0 Å². The molecule has 0 aliphatic heterocycles. The summed E-state index contributed by atoms with van der Waals surface area (Å²) in [4.78, 5) is 5.51. The van der Waals surface area contributed by atoms with Crippen LogP contribution >= 0.6 is 15.9 Å². The van der Waals surface area contributed by atoms with Crippen LogP contribution in [0.15, 0.2) is 52.1 Å². The molecule has 0 radical (unpaired) electrons. The molecule has 2 nitrogen and oxygen atoms in total. The van der Waals surface area contributed by atoms with Crippen molar-refractivity contribution in [1.82, 2.24) is 0 Å². The lowest BCUT2D eigenvalue weighted by molar-refractivity contribution is 0.130. The molecule has 3 rings (SSSR count). The van der Waals surface area contributed by atoms with Gasteiger partial charge in [-0.1, -0.05) is 51.4 Å². The molecule has 1 aliphatic rings. The Morgan fingerprint density at radius 1 is 1.15 bits per heavy atom. The number of hydrogen-bond acceptors (Lipinski definition) is 2. The van der Waals surface area contributed by atoms with Crippen LogP contribution in [0.4, 0.5) is 0 Å². The van der Waals surface area contributed by atoms with Gasteiger partial charge in [0.1, 0.15) is 6.61 Å². The molecule has 0 unspecified atom stereocenters. The van der Waals surface area contributed by atoms with Gasteiger partial charge in [0.25, 0.3) is 0 Å². The number of nitrogens with zero attached hydrogens (tertiary/aromatic N) is 1. The molecule has 0 amide bonds. The van der Waals surface area contributed by atoms with Gasteiger partial charge in [-0.3, -0.25) is 0 Å². The number of aryl methyl sites for hydroxylation is 2. The van der Waals surface area contributed by atoms with Crippen LogP contribution in [0.3, 0.4) is 0 Å². The minimum atomic E-state index is 0.523. The van der Waals surface area contributed by atoms with E-state index in [1.165, 1.54) is 21.2 Å². The number of rotatable bonds is 3. The molecule has 2 aromatic rings. The maximum Gasteiger partial charge on any atom is 0.142 e. The van der Waals surface area contributed by atoms with Crippen LogP contribution in [-0.4, -0.2) is 5.71 Å². The van der Waals surface area contributed by atoms with Crippen LogP contribution < -0.4 is 0 Å². The summed E-state index contributed by atoms with van der Waals surface area (Å²) in [5.74, 6) is 0. The second-order valence-corrected chi connectivity index (χ2v) is 5.91. The smallest absolute Gasteiger partial charge is 0.142 e. The standard InChI is InChI=1S/C17H16BrNO/c1-12-9-15-14(10-16(12)18)7-8-17(15)19-20-11-13-5-3-2-4-6-13/h2-6,9-10H,7-8,11H2,1H3/b19-17+. The highest BCUT2D eigenvalue weighted by Crippen LogP contribution is 2.28. The number of benzene rings is 2. The van der Waals surface area contributed by atoms with Gasteiger partial charge < -0.3 is 4.84 Å². The maximum atomic E-state index is 5.51. The van der Waals surface area contributed by atoms with E-state index >= 15 is 0 Å². The SMILES string of the molecule is Cc1cc2c(cc1Br)CC/C2=N\OCc1ccccc1. The zero-order chi connectivity index (χ0) is 13.9. The average molecular weight is 330 g/mol. The van der Waals surface area contributed by atoms with Crippen molar-refractivity contribution in [1.29, 1.82) is 0 Å². The van der Waals surface area contributed by atoms with Crippen LogP contribution in [0.2, 0.25) is 0 Å². The first-order chi connectivity index (χ1) is 9.74. The van der Waals surface area contributed by atoms with Gasteiger partial charge in [-0.2, -0.15) is 0 Å². The molecule has 0 saturated carbocycles. The Morgan fingerprint density at radius 3 is 2.75 bits per heavy atom. The van der Waals surface area contributed by atoms with Crippen molar-refractivity contribution in [2.45, 2.75) is 26.4 Å². The Morgan fingerprint density at radius 2 is 1.95 bits per heavy atom. The third-order valence-electron chi connectivity index (χ3n) is 3.58. The maximum absolute atomic E-state index is 5.51. The number of oxime groups is 1. The highest BCUT2D eigenvalue weighted by molar-refractivity contribution is 9.10. The Balaban J connectivity index is 1.74. The van der Waals surface area contributed by atoms with Gasteiger partial charge in [0, 0.05) is 10.0 Å². The molecule has 2 aromatic carbocycles. The summed E-state index contributed by atoms with van der Waals surface area (Å²) in [6.45, 7) is 2.63. The molecule has 0 heterocycles. The van der Waals surface area contributed by atoms with Gasteiger partial charge in [-0.15, -0.1) is 0 Å². The van der Waals surface area contributed by atoms with E-state index in [9.17, 15) is 0 Å². The zero-order valence-corrected chi connectivity index (χ0v) is 13.0. The van der Waals surface area contributed by atoms with Crippen molar-refractivity contribution in [3.05, 3.63) is 69.2 Å². The predicted octanol–water partition coefficient (Wildman–Crippen LogP) is 4.62. The van der Waals surface area contributed by atoms with Crippen LogP contribution in [0.1, 0.15) is 28.7 Å². The molecule has 0 saturated heterocycles. The fourth-order valence-corrected chi connectivity index (χ4v) is 2.83. The molecule has 0 spiro atoms. The van der Waals surface area contributed by atoms with Crippen molar-refractivity contribution >= 4 is 21.6 Å².